The number of ether oxygens (including phenoxy) is 1. The van der Waals surface area contributed by atoms with E-state index in [2.05, 4.69) is 0 Å². The first kappa shape index (κ1) is 25.9. The average molecular weight is 567 g/mol. The van der Waals surface area contributed by atoms with Crippen molar-refractivity contribution in [1.29, 1.82) is 0 Å². The fraction of sp³-hybridized carbons (Fsp3) is 0.154. The van der Waals surface area contributed by atoms with Crippen molar-refractivity contribution < 1.29 is 14.3 Å². The number of β-lactam (4-membered cyclic amide) rings is 1. The lowest BCUT2D eigenvalue weighted by atomic mass is 9.75. The topological polar surface area (TPSA) is 46.6 Å². The fourth-order valence-electron chi connectivity index (χ4n) is 3.94. The fourth-order valence-corrected chi connectivity index (χ4v) is 5.61. The van der Waals surface area contributed by atoms with Crippen LogP contribution in [0.5, 0.6) is 5.75 Å². The summed E-state index contributed by atoms with van der Waals surface area (Å²) in [7, 11) is 1.57. The van der Waals surface area contributed by atoms with Crippen LogP contribution >= 0.6 is 58.2 Å². The number of para-hydroxylation sites is 1. The number of hydrogen-bond donors (Lipinski definition) is 0. The number of nitrogens with zero attached hydrogens (tertiary/aromatic N) is 1. The number of halogens is 4. The molecule has 180 valence electrons. The highest BCUT2D eigenvalue weighted by atomic mass is 35.5. The maximum absolute atomic E-state index is 13.4. The molecule has 0 bridgehead atoms. The van der Waals surface area contributed by atoms with Crippen molar-refractivity contribution in [2.45, 2.75) is 19.6 Å². The normalized spacial score (nSPS) is 19.1. The standard InChI is InChI=1S/C26H19Cl4NO3S/c1-34-19-13-11-18(12-14-19)25(16-15-17-7-3-2-4-8-17)26(29,30)24(33)31(25)20-9-5-6-10-21(20)35-23(32)22(27)28/h2-16,22H,1H3/b16-15+. The Hall–Kier alpha value is -2.15. The van der Waals surface area contributed by atoms with Gasteiger partial charge in [-0.05, 0) is 53.2 Å². The number of thioether (sulfide) groups is 1. The van der Waals surface area contributed by atoms with Crippen molar-refractivity contribution in [2.24, 2.45) is 0 Å². The molecule has 0 aromatic heterocycles. The molecule has 1 saturated heterocycles. The van der Waals surface area contributed by atoms with Crippen LogP contribution < -0.4 is 9.64 Å². The molecule has 0 spiro atoms. The van der Waals surface area contributed by atoms with Crippen molar-refractivity contribution >= 4 is 81.0 Å². The highest BCUT2D eigenvalue weighted by molar-refractivity contribution is 8.14. The molecule has 9 heteroatoms. The molecule has 3 aromatic rings. The van der Waals surface area contributed by atoms with Crippen LogP contribution in [0.1, 0.15) is 11.1 Å². The van der Waals surface area contributed by atoms with E-state index in [0.717, 1.165) is 17.3 Å². The number of carbonyl (C=O) groups is 2. The number of rotatable bonds is 7. The molecule has 1 aliphatic rings. The molecular weight excluding hydrogens is 548 g/mol. The van der Waals surface area contributed by atoms with E-state index in [1.54, 1.807) is 49.6 Å². The van der Waals surface area contributed by atoms with Crippen LogP contribution in [0.3, 0.4) is 0 Å². The number of methoxy groups -OCH3 is 1. The van der Waals surface area contributed by atoms with E-state index in [1.807, 2.05) is 48.5 Å². The van der Waals surface area contributed by atoms with Gasteiger partial charge in [0.15, 0.2) is 4.84 Å². The Morgan fingerprint density at radius 2 is 1.60 bits per heavy atom. The van der Waals surface area contributed by atoms with Crippen LogP contribution in [0.15, 0.2) is 89.8 Å². The van der Waals surface area contributed by atoms with E-state index >= 15 is 0 Å². The van der Waals surface area contributed by atoms with Crippen LogP contribution in [0, 0.1) is 0 Å². The predicted molar refractivity (Wildman–Crippen MR) is 145 cm³/mol. The lowest BCUT2D eigenvalue weighted by Crippen LogP contribution is -2.75. The van der Waals surface area contributed by atoms with Gasteiger partial charge in [-0.2, -0.15) is 0 Å². The zero-order valence-corrected chi connectivity index (χ0v) is 22.2. The number of amides is 1. The van der Waals surface area contributed by atoms with E-state index in [-0.39, 0.29) is 0 Å². The van der Waals surface area contributed by atoms with Crippen LogP contribution in [-0.4, -0.2) is 27.3 Å². The largest absolute Gasteiger partial charge is 0.497 e. The predicted octanol–water partition coefficient (Wildman–Crippen LogP) is 7.25. The first-order valence-electron chi connectivity index (χ1n) is 10.4. The molecule has 0 N–H and O–H groups in total. The summed E-state index contributed by atoms with van der Waals surface area (Å²) in [4.78, 5) is 26.5. The van der Waals surface area contributed by atoms with Crippen LogP contribution in [0.2, 0.25) is 0 Å². The third-order valence-corrected chi connectivity index (χ3v) is 8.20. The Morgan fingerprint density at radius 1 is 0.971 bits per heavy atom. The Morgan fingerprint density at radius 3 is 2.23 bits per heavy atom. The molecule has 4 rings (SSSR count). The van der Waals surface area contributed by atoms with Crippen LogP contribution in [-0.2, 0) is 15.1 Å². The Bertz CT molecular complexity index is 1270. The molecule has 1 fully saturated rings. The molecule has 4 nitrogen and oxygen atoms in total. The van der Waals surface area contributed by atoms with Crippen LogP contribution in [0.4, 0.5) is 5.69 Å². The van der Waals surface area contributed by atoms with Gasteiger partial charge in [-0.25, -0.2) is 0 Å². The second kappa shape index (κ2) is 10.5. The van der Waals surface area contributed by atoms with E-state index in [4.69, 9.17) is 51.1 Å². The summed E-state index contributed by atoms with van der Waals surface area (Å²) in [6.45, 7) is 0. The van der Waals surface area contributed by atoms with Crippen molar-refractivity contribution in [1.82, 2.24) is 0 Å². The number of hydrogen-bond acceptors (Lipinski definition) is 4. The summed E-state index contributed by atoms with van der Waals surface area (Å²) in [5.74, 6) is 0.114. The molecule has 0 aliphatic carbocycles. The van der Waals surface area contributed by atoms with Gasteiger partial charge in [-0.15, -0.1) is 0 Å². The monoisotopic (exact) mass is 565 g/mol. The average Bonchev–Trinajstić information content (AvgIpc) is 2.87. The van der Waals surface area contributed by atoms with Crippen molar-refractivity contribution in [3.8, 4) is 5.75 Å². The van der Waals surface area contributed by atoms with Gasteiger partial charge in [-0.1, -0.05) is 107 Å². The van der Waals surface area contributed by atoms with Gasteiger partial charge >= 0.3 is 0 Å². The second-order valence-corrected chi connectivity index (χ2v) is 11.1. The molecule has 1 aliphatic heterocycles. The molecule has 35 heavy (non-hydrogen) atoms. The molecule has 3 aromatic carbocycles. The van der Waals surface area contributed by atoms with Gasteiger partial charge in [0.25, 0.3) is 5.91 Å². The van der Waals surface area contributed by atoms with E-state index in [0.29, 0.717) is 21.9 Å². The number of alkyl halides is 4. The quantitative estimate of drug-likeness (QED) is 0.172. The minimum absolute atomic E-state index is 0.454. The van der Waals surface area contributed by atoms with Gasteiger partial charge in [0.05, 0.1) is 12.8 Å². The minimum Gasteiger partial charge on any atom is -0.497 e. The zero-order chi connectivity index (χ0) is 25.2. The zero-order valence-electron chi connectivity index (χ0n) is 18.3. The van der Waals surface area contributed by atoms with Crippen LogP contribution in [0.25, 0.3) is 6.08 Å². The molecule has 0 radical (unpaired) electrons. The lowest BCUT2D eigenvalue weighted by molar-refractivity contribution is -0.127. The van der Waals surface area contributed by atoms with Gasteiger partial charge in [0.1, 0.15) is 11.3 Å². The van der Waals surface area contributed by atoms with E-state index in [1.165, 1.54) is 4.90 Å². The van der Waals surface area contributed by atoms with Gasteiger partial charge in [0, 0.05) is 4.90 Å². The molecule has 1 amide bonds. The third kappa shape index (κ3) is 4.68. The second-order valence-electron chi connectivity index (χ2n) is 7.64. The first-order chi connectivity index (χ1) is 16.7. The first-order valence-corrected chi connectivity index (χ1v) is 12.9. The smallest absolute Gasteiger partial charge is 0.267 e. The summed E-state index contributed by atoms with van der Waals surface area (Å²) >= 11 is 26.0. The van der Waals surface area contributed by atoms with Crippen molar-refractivity contribution in [3.05, 3.63) is 96.1 Å². The summed E-state index contributed by atoms with van der Waals surface area (Å²) in [6, 6.07) is 23.7. The minimum atomic E-state index is -1.82. The highest BCUT2D eigenvalue weighted by Gasteiger charge is 2.71. The lowest BCUT2D eigenvalue weighted by Gasteiger charge is -2.58. The van der Waals surface area contributed by atoms with Gasteiger partial charge in [0.2, 0.25) is 9.45 Å². The maximum Gasteiger partial charge on any atom is 0.267 e. The molecule has 1 atom stereocenters. The number of benzene rings is 3. The van der Waals surface area contributed by atoms with E-state index in [9.17, 15) is 9.59 Å². The molecular formula is C26H19Cl4NO3S. The van der Waals surface area contributed by atoms with Gasteiger partial charge < -0.3 is 4.74 Å². The Kier molecular flexibility index (Phi) is 7.74. The SMILES string of the molecule is COc1ccc(C2(/C=C/c3ccccc3)N(c3ccccc3SC(=O)C(Cl)Cl)C(=O)C2(Cl)Cl)cc1. The summed E-state index contributed by atoms with van der Waals surface area (Å²) < 4.78 is 3.48. The number of carbonyl (C=O) groups excluding carboxylic acids is 2. The Balaban J connectivity index is 1.91. The summed E-state index contributed by atoms with van der Waals surface area (Å²) in [5, 5.41) is -0.466. The summed E-state index contributed by atoms with van der Waals surface area (Å²) in [6.07, 6.45) is 3.67. The van der Waals surface area contributed by atoms with Crippen molar-refractivity contribution in [2.75, 3.05) is 12.0 Å². The molecule has 1 unspecified atom stereocenters. The van der Waals surface area contributed by atoms with Gasteiger partial charge in [-0.3, -0.25) is 14.5 Å². The Labute approximate surface area is 227 Å². The third-order valence-electron chi connectivity index (χ3n) is 5.64. The highest BCUT2D eigenvalue weighted by Crippen LogP contribution is 2.59. The summed E-state index contributed by atoms with van der Waals surface area (Å²) in [5.41, 5.74) is 0.717. The molecule has 1 heterocycles. The maximum atomic E-state index is 13.4. The van der Waals surface area contributed by atoms with E-state index < -0.39 is 25.7 Å². The number of anilines is 1. The van der Waals surface area contributed by atoms with Crippen molar-refractivity contribution in [3.63, 3.8) is 0 Å². The molecule has 0 saturated carbocycles.